The Hall–Kier alpha value is -2.54. The number of carbonyl (C=O) groups excluding carboxylic acids is 1. The van der Waals surface area contributed by atoms with Gasteiger partial charge < -0.3 is 10.6 Å². The third-order valence-electron chi connectivity index (χ3n) is 6.13. The number of carbonyl (C=O) groups is 1. The zero-order chi connectivity index (χ0) is 30.3. The Kier molecular flexibility index (Phi) is 11.3. The number of anilines is 3. The van der Waals surface area contributed by atoms with Crippen LogP contribution in [0.25, 0.3) is 21.5 Å². The molecule has 0 aliphatic rings. The van der Waals surface area contributed by atoms with Crippen molar-refractivity contribution in [2.24, 2.45) is 0 Å². The van der Waals surface area contributed by atoms with Crippen molar-refractivity contribution in [2.45, 2.75) is 14.7 Å². The van der Waals surface area contributed by atoms with Crippen molar-refractivity contribution in [1.29, 1.82) is 0 Å². The van der Waals surface area contributed by atoms with Crippen molar-refractivity contribution in [3.63, 3.8) is 0 Å². The molecule has 0 atom stereocenters. The van der Waals surface area contributed by atoms with E-state index in [1.807, 2.05) is 0 Å². The van der Waals surface area contributed by atoms with Crippen LogP contribution in [0.4, 0.5) is 21.9 Å². The van der Waals surface area contributed by atoms with Gasteiger partial charge in [-0.2, -0.15) is 16.8 Å². The van der Waals surface area contributed by atoms with E-state index >= 15 is 0 Å². The maximum atomic E-state index is 13.0. The fourth-order valence-corrected chi connectivity index (χ4v) is 6.29. The Balaban J connectivity index is 0.00000264. The van der Waals surface area contributed by atoms with E-state index in [-0.39, 0.29) is 74.6 Å². The van der Waals surface area contributed by atoms with Crippen LogP contribution in [-0.2, 0) is 30.3 Å². The molecule has 0 aliphatic heterocycles. The Morgan fingerprint density at radius 3 is 1.48 bits per heavy atom. The standard InChI is InChI=1S/C27H21N3O9S3.2Na.2H/c31-27(29-22-9-5-18-7-11-26(42(37,38)39)15-20(18)13-22)28-21-8-4-17-6-10-24(14-19(17)12-21)40(32,33)30-23-2-1-3-25(16-23)41(34,35)36;;;;/h1-16,30H,(H2,28,29,31)(H,34,35,36)(H,37,38,39);;;;. The first-order valence-corrected chi connectivity index (χ1v) is 16.3. The normalized spacial score (nSPS) is 11.7. The summed E-state index contributed by atoms with van der Waals surface area (Å²) in [7, 11) is -13.1. The summed E-state index contributed by atoms with van der Waals surface area (Å²) >= 11 is 0. The van der Waals surface area contributed by atoms with E-state index in [4.69, 9.17) is 0 Å². The molecule has 0 aliphatic carbocycles. The van der Waals surface area contributed by atoms with Gasteiger partial charge in [0, 0.05) is 11.4 Å². The topological polar surface area (TPSA) is 196 Å². The van der Waals surface area contributed by atoms with Gasteiger partial charge in [0.15, 0.2) is 0 Å². The van der Waals surface area contributed by atoms with Gasteiger partial charge >= 0.3 is 65.1 Å². The average molecular weight is 676 g/mol. The number of hydrogen-bond acceptors (Lipinski definition) is 7. The summed E-state index contributed by atoms with van der Waals surface area (Å²) in [6.07, 6.45) is 0. The number of fused-ring (bicyclic) bond motifs is 2. The van der Waals surface area contributed by atoms with Crippen molar-refractivity contribution < 1.29 is 39.2 Å². The molecule has 0 fully saturated rings. The Labute approximate surface area is 297 Å². The average Bonchev–Trinajstić information content (AvgIpc) is 2.91. The first-order valence-electron chi connectivity index (χ1n) is 11.9. The molecule has 17 heteroatoms. The van der Waals surface area contributed by atoms with Crippen LogP contribution in [0.15, 0.2) is 112 Å². The molecule has 0 spiro atoms. The molecule has 5 N–H and O–H groups in total. The van der Waals surface area contributed by atoms with Crippen LogP contribution in [0.2, 0.25) is 0 Å². The fourth-order valence-electron chi connectivity index (χ4n) is 4.16. The Bertz CT molecular complexity index is 2230. The molecule has 5 aromatic carbocycles. The summed E-state index contributed by atoms with van der Waals surface area (Å²) in [6.45, 7) is 0. The summed E-state index contributed by atoms with van der Waals surface area (Å²) in [5.41, 5.74) is 0.629. The van der Waals surface area contributed by atoms with E-state index in [0.717, 1.165) is 12.1 Å². The van der Waals surface area contributed by atoms with Crippen molar-refractivity contribution in [3.8, 4) is 0 Å². The number of nitrogens with one attached hydrogen (secondary N) is 3. The molecule has 0 radical (unpaired) electrons. The maximum absolute atomic E-state index is 13.0. The molecule has 0 bridgehead atoms. The number of sulfonamides is 1. The van der Waals surface area contributed by atoms with Crippen LogP contribution < -0.4 is 15.4 Å². The molecule has 12 nitrogen and oxygen atoms in total. The van der Waals surface area contributed by atoms with Crippen molar-refractivity contribution in [3.05, 3.63) is 97.1 Å². The van der Waals surface area contributed by atoms with E-state index in [1.165, 1.54) is 42.5 Å². The quantitative estimate of drug-likeness (QED) is 0.126. The van der Waals surface area contributed by atoms with Crippen LogP contribution in [0.5, 0.6) is 0 Å². The van der Waals surface area contributed by atoms with E-state index in [0.29, 0.717) is 32.9 Å². The third-order valence-corrected chi connectivity index (χ3v) is 9.21. The van der Waals surface area contributed by atoms with Gasteiger partial charge in [0.25, 0.3) is 30.3 Å². The minimum atomic E-state index is -4.53. The minimum absolute atomic E-state index is 0. The second-order valence-corrected chi connectivity index (χ2v) is 13.6. The molecule has 220 valence electrons. The SMILES string of the molecule is O=C(Nc1ccc2ccc(S(=O)(=O)O)cc2c1)Nc1ccc2ccc(S(=O)(=O)Nc3cccc(S(=O)(=O)O)c3)cc2c1.[NaH].[NaH]. The van der Waals surface area contributed by atoms with Crippen LogP contribution in [0.1, 0.15) is 0 Å². The van der Waals surface area contributed by atoms with Gasteiger partial charge in [-0.1, -0.05) is 30.3 Å². The molecule has 0 unspecified atom stereocenters. The summed E-state index contributed by atoms with van der Waals surface area (Å²) < 4.78 is 92.5. The van der Waals surface area contributed by atoms with Gasteiger partial charge in [-0.3, -0.25) is 13.8 Å². The second-order valence-electron chi connectivity index (χ2n) is 9.11. The molecule has 0 saturated carbocycles. The first-order chi connectivity index (χ1) is 19.7. The van der Waals surface area contributed by atoms with Gasteiger partial charge in [0.2, 0.25) is 0 Å². The van der Waals surface area contributed by atoms with Gasteiger partial charge in [-0.15, -0.1) is 0 Å². The Morgan fingerprint density at radius 1 is 0.500 bits per heavy atom. The van der Waals surface area contributed by atoms with Crippen molar-refractivity contribution >= 4 is 134 Å². The Morgan fingerprint density at radius 2 is 0.955 bits per heavy atom. The number of hydrogen-bond donors (Lipinski definition) is 5. The molecule has 5 aromatic rings. The van der Waals surface area contributed by atoms with Gasteiger partial charge in [-0.25, -0.2) is 13.2 Å². The summed E-state index contributed by atoms with van der Waals surface area (Å²) in [5, 5.41) is 7.61. The number of benzene rings is 5. The first kappa shape index (κ1) is 35.9. The molecular weight excluding hydrogens is 652 g/mol. The van der Waals surface area contributed by atoms with E-state index in [2.05, 4.69) is 15.4 Å². The van der Waals surface area contributed by atoms with E-state index in [9.17, 15) is 39.2 Å². The summed E-state index contributed by atoms with van der Waals surface area (Å²) in [6, 6.07) is 22.2. The molecule has 2 amide bonds. The summed E-state index contributed by atoms with van der Waals surface area (Å²) in [5.74, 6) is 0. The molecule has 0 saturated heterocycles. The number of rotatable bonds is 7. The predicted molar refractivity (Wildman–Crippen MR) is 172 cm³/mol. The van der Waals surface area contributed by atoms with Crippen LogP contribution in [-0.4, -0.2) is 99.5 Å². The molecule has 5 rings (SSSR count). The number of urea groups is 1. The van der Waals surface area contributed by atoms with Crippen molar-refractivity contribution in [2.75, 3.05) is 15.4 Å². The van der Waals surface area contributed by atoms with E-state index in [1.54, 1.807) is 42.5 Å². The zero-order valence-electron chi connectivity index (χ0n) is 21.2. The van der Waals surface area contributed by atoms with Crippen LogP contribution in [0, 0.1) is 0 Å². The van der Waals surface area contributed by atoms with Gasteiger partial charge in [0.05, 0.1) is 20.4 Å². The van der Waals surface area contributed by atoms with E-state index < -0.39 is 41.2 Å². The van der Waals surface area contributed by atoms with Gasteiger partial charge in [-0.05, 0) is 88.3 Å². The molecule has 0 heterocycles. The second kappa shape index (κ2) is 13.8. The fraction of sp³-hybridized carbons (Fsp3) is 0. The predicted octanol–water partition coefficient (Wildman–Crippen LogP) is 3.63. The third kappa shape index (κ3) is 8.58. The molecule has 0 aromatic heterocycles. The summed E-state index contributed by atoms with van der Waals surface area (Å²) in [4.78, 5) is 11.8. The molecule has 44 heavy (non-hydrogen) atoms. The van der Waals surface area contributed by atoms with Crippen molar-refractivity contribution in [1.82, 2.24) is 0 Å². The number of amides is 2. The van der Waals surface area contributed by atoms with Crippen LogP contribution in [0.3, 0.4) is 0 Å². The van der Waals surface area contributed by atoms with Crippen LogP contribution >= 0.6 is 0 Å². The zero-order valence-corrected chi connectivity index (χ0v) is 23.7. The molecular formula is C27H23N3Na2O9S3. The monoisotopic (exact) mass is 675 g/mol. The van der Waals surface area contributed by atoms with Gasteiger partial charge in [0.1, 0.15) is 0 Å².